The molecule has 3 heterocycles. The highest BCUT2D eigenvalue weighted by atomic mass is 32.1. The standard InChI is InChI=1S/C16H14N6OS/c1-10-3-8-14(20-19-10)17-15-18-16-22(21-15)13(9-24-16)11-4-6-12(23-2)7-5-11/h3-9H,1-2H3,(H,17,20,21). The summed E-state index contributed by atoms with van der Waals surface area (Å²) >= 11 is 1.53. The Morgan fingerprint density at radius 2 is 1.92 bits per heavy atom. The first-order chi connectivity index (χ1) is 11.7. The third kappa shape index (κ3) is 2.67. The number of ether oxygens (including phenoxy) is 1. The molecule has 0 saturated heterocycles. The van der Waals surface area contributed by atoms with Crippen LogP contribution in [0.4, 0.5) is 11.8 Å². The minimum atomic E-state index is 0.495. The Hall–Kier alpha value is -3.00. The molecule has 0 aliphatic carbocycles. The van der Waals surface area contributed by atoms with Gasteiger partial charge in [0.15, 0.2) is 5.82 Å². The fourth-order valence-electron chi connectivity index (χ4n) is 2.27. The first-order valence-corrected chi connectivity index (χ1v) is 8.17. The molecule has 0 radical (unpaired) electrons. The molecule has 1 N–H and O–H groups in total. The molecule has 8 heteroatoms. The van der Waals surface area contributed by atoms with Crippen molar-refractivity contribution in [1.82, 2.24) is 24.8 Å². The summed E-state index contributed by atoms with van der Waals surface area (Å²) in [5, 5.41) is 17.7. The van der Waals surface area contributed by atoms with Gasteiger partial charge < -0.3 is 10.1 Å². The SMILES string of the molecule is COc1ccc(-c2csc3nc(Nc4ccc(C)nn4)nn23)cc1. The number of thiazole rings is 1. The molecule has 1 aromatic carbocycles. The number of benzene rings is 1. The van der Waals surface area contributed by atoms with E-state index in [1.54, 1.807) is 7.11 Å². The van der Waals surface area contributed by atoms with Crippen LogP contribution in [0.25, 0.3) is 16.2 Å². The van der Waals surface area contributed by atoms with E-state index in [9.17, 15) is 0 Å². The molecule has 0 atom stereocenters. The van der Waals surface area contributed by atoms with Crippen LogP contribution in [0.3, 0.4) is 0 Å². The van der Waals surface area contributed by atoms with Crippen molar-refractivity contribution in [2.45, 2.75) is 6.92 Å². The first kappa shape index (κ1) is 14.6. The number of aryl methyl sites for hydroxylation is 1. The quantitative estimate of drug-likeness (QED) is 0.615. The lowest BCUT2D eigenvalue weighted by molar-refractivity contribution is 0.415. The molecule has 3 aromatic heterocycles. The van der Waals surface area contributed by atoms with Crippen LogP contribution in [-0.2, 0) is 0 Å². The van der Waals surface area contributed by atoms with E-state index in [1.807, 2.05) is 53.2 Å². The maximum atomic E-state index is 5.20. The molecule has 4 aromatic rings. The number of methoxy groups -OCH3 is 1. The summed E-state index contributed by atoms with van der Waals surface area (Å²) in [5.41, 5.74) is 2.89. The van der Waals surface area contributed by atoms with Crippen molar-refractivity contribution in [3.63, 3.8) is 0 Å². The highest BCUT2D eigenvalue weighted by Crippen LogP contribution is 2.27. The third-order valence-electron chi connectivity index (χ3n) is 3.51. The Labute approximate surface area is 142 Å². The van der Waals surface area contributed by atoms with Crippen LogP contribution < -0.4 is 10.1 Å². The molecule has 7 nitrogen and oxygen atoms in total. The summed E-state index contributed by atoms with van der Waals surface area (Å²) in [4.78, 5) is 5.29. The van der Waals surface area contributed by atoms with Crippen LogP contribution in [0.15, 0.2) is 41.8 Å². The minimum absolute atomic E-state index is 0.495. The van der Waals surface area contributed by atoms with E-state index < -0.39 is 0 Å². The highest BCUT2D eigenvalue weighted by Gasteiger charge is 2.12. The molecule has 0 spiro atoms. The van der Waals surface area contributed by atoms with Gasteiger partial charge in [0.2, 0.25) is 10.9 Å². The van der Waals surface area contributed by atoms with Crippen LogP contribution in [0, 0.1) is 6.92 Å². The molecule has 0 aliphatic rings. The maximum Gasteiger partial charge on any atom is 0.249 e. The Morgan fingerprint density at radius 1 is 1.08 bits per heavy atom. The Balaban J connectivity index is 1.66. The molecule has 120 valence electrons. The van der Waals surface area contributed by atoms with Crippen LogP contribution in [0.5, 0.6) is 5.75 Å². The van der Waals surface area contributed by atoms with E-state index in [2.05, 4.69) is 25.6 Å². The van der Waals surface area contributed by atoms with E-state index in [0.29, 0.717) is 11.8 Å². The van der Waals surface area contributed by atoms with E-state index in [-0.39, 0.29) is 0 Å². The van der Waals surface area contributed by atoms with Crippen LogP contribution in [0.1, 0.15) is 5.69 Å². The average Bonchev–Trinajstić information content (AvgIpc) is 3.17. The molecule has 0 bridgehead atoms. The summed E-state index contributed by atoms with van der Waals surface area (Å²) in [7, 11) is 1.65. The van der Waals surface area contributed by atoms with Gasteiger partial charge in [-0.25, -0.2) is 4.52 Å². The van der Waals surface area contributed by atoms with Crippen LogP contribution in [0.2, 0.25) is 0 Å². The molecular formula is C16H14N6OS. The van der Waals surface area contributed by atoms with Gasteiger partial charge in [-0.1, -0.05) is 0 Å². The zero-order valence-electron chi connectivity index (χ0n) is 13.1. The monoisotopic (exact) mass is 338 g/mol. The molecule has 0 saturated carbocycles. The van der Waals surface area contributed by atoms with Crippen molar-refractivity contribution in [2.75, 3.05) is 12.4 Å². The predicted molar refractivity (Wildman–Crippen MR) is 92.9 cm³/mol. The number of anilines is 2. The number of nitrogens with one attached hydrogen (secondary N) is 1. The number of hydrogen-bond donors (Lipinski definition) is 1. The topological polar surface area (TPSA) is 77.2 Å². The van der Waals surface area contributed by atoms with Gasteiger partial charge in [0.05, 0.1) is 18.5 Å². The minimum Gasteiger partial charge on any atom is -0.497 e. The van der Waals surface area contributed by atoms with E-state index in [4.69, 9.17) is 4.74 Å². The molecule has 4 rings (SSSR count). The van der Waals surface area contributed by atoms with Crippen molar-refractivity contribution in [3.8, 4) is 17.0 Å². The highest BCUT2D eigenvalue weighted by molar-refractivity contribution is 7.15. The van der Waals surface area contributed by atoms with E-state index >= 15 is 0 Å². The normalized spacial score (nSPS) is 10.9. The zero-order chi connectivity index (χ0) is 16.5. The molecule has 0 amide bonds. The number of hydrogen-bond acceptors (Lipinski definition) is 7. The Kier molecular flexibility index (Phi) is 3.58. The predicted octanol–water partition coefficient (Wildman–Crippen LogP) is 3.31. The average molecular weight is 338 g/mol. The first-order valence-electron chi connectivity index (χ1n) is 7.29. The summed E-state index contributed by atoms with van der Waals surface area (Å²) in [6.45, 7) is 1.89. The molecule has 0 fully saturated rings. The third-order valence-corrected chi connectivity index (χ3v) is 4.32. The smallest absolute Gasteiger partial charge is 0.249 e. The van der Waals surface area contributed by atoms with Gasteiger partial charge >= 0.3 is 0 Å². The number of fused-ring (bicyclic) bond motifs is 1. The lowest BCUT2D eigenvalue weighted by Crippen LogP contribution is -1.98. The summed E-state index contributed by atoms with van der Waals surface area (Å²) in [6.07, 6.45) is 0. The molecule has 0 unspecified atom stereocenters. The number of rotatable bonds is 4. The van der Waals surface area contributed by atoms with Gasteiger partial charge in [-0.3, -0.25) is 0 Å². The van der Waals surface area contributed by atoms with E-state index in [1.165, 1.54) is 11.3 Å². The second-order valence-electron chi connectivity index (χ2n) is 5.16. The van der Waals surface area contributed by atoms with Gasteiger partial charge in [0.1, 0.15) is 5.75 Å². The van der Waals surface area contributed by atoms with Gasteiger partial charge in [-0.05, 0) is 43.3 Å². The van der Waals surface area contributed by atoms with Gasteiger partial charge in [0, 0.05) is 10.9 Å². The largest absolute Gasteiger partial charge is 0.497 e. The Bertz CT molecular complexity index is 974. The van der Waals surface area contributed by atoms with Crippen LogP contribution in [-0.4, -0.2) is 31.9 Å². The van der Waals surface area contributed by atoms with Crippen molar-refractivity contribution < 1.29 is 4.74 Å². The molecular weight excluding hydrogens is 324 g/mol. The van der Waals surface area contributed by atoms with Crippen molar-refractivity contribution >= 4 is 28.1 Å². The Morgan fingerprint density at radius 3 is 2.62 bits per heavy atom. The molecule has 24 heavy (non-hydrogen) atoms. The number of nitrogens with zero attached hydrogens (tertiary/aromatic N) is 5. The van der Waals surface area contributed by atoms with Crippen LogP contribution >= 0.6 is 11.3 Å². The van der Waals surface area contributed by atoms with Gasteiger partial charge in [0.25, 0.3) is 0 Å². The second-order valence-corrected chi connectivity index (χ2v) is 6.00. The maximum absolute atomic E-state index is 5.20. The van der Waals surface area contributed by atoms with Gasteiger partial charge in [-0.2, -0.15) is 10.1 Å². The van der Waals surface area contributed by atoms with Crippen molar-refractivity contribution in [3.05, 3.63) is 47.5 Å². The summed E-state index contributed by atoms with van der Waals surface area (Å²) in [5.74, 6) is 1.93. The van der Waals surface area contributed by atoms with E-state index in [0.717, 1.165) is 27.7 Å². The zero-order valence-corrected chi connectivity index (χ0v) is 13.9. The van der Waals surface area contributed by atoms with Crippen molar-refractivity contribution in [1.29, 1.82) is 0 Å². The number of aromatic nitrogens is 5. The lowest BCUT2D eigenvalue weighted by Gasteiger charge is -2.02. The fourth-order valence-corrected chi connectivity index (χ4v) is 3.11. The van der Waals surface area contributed by atoms with Crippen molar-refractivity contribution in [2.24, 2.45) is 0 Å². The van der Waals surface area contributed by atoms with Gasteiger partial charge in [-0.15, -0.1) is 21.5 Å². The lowest BCUT2D eigenvalue weighted by atomic mass is 10.2. The fraction of sp³-hybridized carbons (Fsp3) is 0.125. The molecule has 0 aliphatic heterocycles. The second kappa shape index (κ2) is 5.89. The summed E-state index contributed by atoms with van der Waals surface area (Å²) in [6, 6.07) is 11.6. The summed E-state index contributed by atoms with van der Waals surface area (Å²) < 4.78 is 7.01.